The number of carbonyl (C=O) groups excluding carboxylic acids is 1. The van der Waals surface area contributed by atoms with Crippen LogP contribution in [0.5, 0.6) is 0 Å². The lowest BCUT2D eigenvalue weighted by Crippen LogP contribution is -2.31. The van der Waals surface area contributed by atoms with Crippen molar-refractivity contribution in [2.24, 2.45) is 0 Å². The lowest BCUT2D eigenvalue weighted by Gasteiger charge is -2.23. The summed E-state index contributed by atoms with van der Waals surface area (Å²) in [5.74, 6) is -2.97. The number of halogens is 3. The van der Waals surface area contributed by atoms with Crippen molar-refractivity contribution in [2.45, 2.75) is 38.8 Å². The van der Waals surface area contributed by atoms with Crippen molar-refractivity contribution < 1.29 is 26.7 Å². The molecule has 0 saturated carbocycles. The lowest BCUT2D eigenvalue weighted by molar-refractivity contribution is 0.0519. The number of aryl methyl sites for hydroxylation is 1. The zero-order valence-corrected chi connectivity index (χ0v) is 19.9. The highest BCUT2D eigenvalue weighted by atomic mass is 35.5. The molecule has 176 valence electrons. The number of ether oxygens (including phenoxy) is 1. The van der Waals surface area contributed by atoms with Gasteiger partial charge >= 0.3 is 5.97 Å². The smallest absolute Gasteiger partial charge is 0.355 e. The second-order valence-corrected chi connectivity index (χ2v) is 9.73. The second-order valence-electron chi connectivity index (χ2n) is 7.39. The van der Waals surface area contributed by atoms with E-state index < -0.39 is 32.5 Å². The van der Waals surface area contributed by atoms with Crippen molar-refractivity contribution in [1.82, 2.24) is 9.29 Å². The van der Waals surface area contributed by atoms with Gasteiger partial charge in [-0.2, -0.15) is 4.31 Å². The number of H-pyrrole nitrogens is 1. The molecule has 0 unspecified atom stereocenters. The van der Waals surface area contributed by atoms with Crippen LogP contribution in [0.2, 0.25) is 5.02 Å². The number of nitrogens with one attached hydrogen (secondary N) is 1. The number of rotatable bonds is 8. The summed E-state index contributed by atoms with van der Waals surface area (Å²) in [4.78, 5) is 14.8. The predicted molar refractivity (Wildman–Crippen MR) is 120 cm³/mol. The molecule has 0 aliphatic rings. The summed E-state index contributed by atoms with van der Waals surface area (Å²) in [5, 5.41) is 0.359. The number of aromatic nitrogens is 1. The van der Waals surface area contributed by atoms with Gasteiger partial charge in [0.2, 0.25) is 10.0 Å². The van der Waals surface area contributed by atoms with Gasteiger partial charge < -0.3 is 9.72 Å². The zero-order valence-electron chi connectivity index (χ0n) is 18.3. The Morgan fingerprint density at radius 1 is 1.09 bits per heavy atom. The number of hydrogen-bond acceptors (Lipinski definition) is 4. The first-order valence-corrected chi connectivity index (χ1v) is 11.9. The summed E-state index contributed by atoms with van der Waals surface area (Å²) in [6, 6.07) is 9.16. The lowest BCUT2D eigenvalue weighted by atomic mass is 10.1. The number of sulfonamides is 1. The fourth-order valence-electron chi connectivity index (χ4n) is 3.44. The maximum atomic E-state index is 13.8. The van der Waals surface area contributed by atoms with Crippen LogP contribution in [0.15, 0.2) is 47.4 Å². The number of nitrogens with zero attached hydrogens (tertiary/aromatic N) is 1. The monoisotopic (exact) mass is 496 g/mol. The molecule has 10 heteroatoms. The van der Waals surface area contributed by atoms with Crippen molar-refractivity contribution in [3.05, 3.63) is 87.2 Å². The predicted octanol–water partition coefficient (Wildman–Crippen LogP) is 5.13. The Hall–Kier alpha value is -2.75. The Kier molecular flexibility index (Phi) is 7.56. The Morgan fingerprint density at radius 3 is 2.42 bits per heavy atom. The molecule has 0 saturated heterocycles. The molecule has 2 aromatic carbocycles. The van der Waals surface area contributed by atoms with Crippen LogP contribution < -0.4 is 0 Å². The van der Waals surface area contributed by atoms with E-state index in [4.69, 9.17) is 16.3 Å². The minimum absolute atomic E-state index is 0.125. The van der Waals surface area contributed by atoms with E-state index in [0.29, 0.717) is 33.5 Å². The minimum Gasteiger partial charge on any atom is -0.461 e. The molecule has 0 spiro atoms. The number of esters is 1. The third-order valence-electron chi connectivity index (χ3n) is 5.24. The third-order valence-corrected chi connectivity index (χ3v) is 7.40. The summed E-state index contributed by atoms with van der Waals surface area (Å²) in [7, 11) is -4.27. The van der Waals surface area contributed by atoms with Crippen molar-refractivity contribution in [3.8, 4) is 0 Å². The fourth-order valence-corrected chi connectivity index (χ4v) is 5.03. The average molecular weight is 497 g/mol. The number of hydrogen-bond donors (Lipinski definition) is 1. The second kappa shape index (κ2) is 10.0. The first-order valence-electron chi connectivity index (χ1n) is 10.1. The molecule has 0 atom stereocenters. The average Bonchev–Trinajstić information content (AvgIpc) is 3.05. The molecule has 1 heterocycles. The van der Waals surface area contributed by atoms with Crippen molar-refractivity contribution in [1.29, 1.82) is 0 Å². The quantitative estimate of drug-likeness (QED) is 0.438. The fraction of sp³-hybridized carbons (Fsp3) is 0.261. The van der Waals surface area contributed by atoms with Gasteiger partial charge in [0.15, 0.2) is 11.6 Å². The van der Waals surface area contributed by atoms with Gasteiger partial charge in [-0.3, -0.25) is 0 Å². The molecular weight excluding hydrogens is 474 g/mol. The standard InChI is InChI=1S/C23H23ClF2N2O4S/c1-4-32-23(29)22-14(2)18(15(3)27-22)13-28(12-16-7-5-6-8-19(16)24)33(30,31)17-9-10-20(25)21(26)11-17/h5-11,27H,4,12-13H2,1-3H3. The van der Waals surface area contributed by atoms with Crippen LogP contribution in [0, 0.1) is 25.5 Å². The maximum Gasteiger partial charge on any atom is 0.355 e. The first kappa shape index (κ1) is 24.9. The zero-order chi connectivity index (χ0) is 24.3. The van der Waals surface area contributed by atoms with Gasteiger partial charge in [0.05, 0.1) is 11.5 Å². The molecule has 0 amide bonds. The molecule has 0 bridgehead atoms. The molecule has 0 fully saturated rings. The molecular formula is C23H23ClF2N2O4S. The topological polar surface area (TPSA) is 79.5 Å². The van der Waals surface area contributed by atoms with E-state index >= 15 is 0 Å². The molecule has 1 aromatic heterocycles. The number of benzene rings is 2. The van der Waals surface area contributed by atoms with E-state index in [0.717, 1.165) is 16.4 Å². The SMILES string of the molecule is CCOC(=O)c1[nH]c(C)c(CN(Cc2ccccc2Cl)S(=O)(=O)c2ccc(F)c(F)c2)c1C. The van der Waals surface area contributed by atoms with E-state index in [1.807, 2.05) is 0 Å². The Labute approximate surface area is 196 Å². The molecule has 3 rings (SSSR count). The number of aromatic amines is 1. The normalized spacial score (nSPS) is 11.7. The van der Waals surface area contributed by atoms with E-state index in [2.05, 4.69) is 4.98 Å². The highest BCUT2D eigenvalue weighted by Crippen LogP contribution is 2.28. The van der Waals surface area contributed by atoms with Gasteiger partial charge in [-0.1, -0.05) is 29.8 Å². The van der Waals surface area contributed by atoms with Crippen LogP contribution in [-0.4, -0.2) is 30.3 Å². The first-order chi connectivity index (χ1) is 15.6. The molecule has 0 radical (unpaired) electrons. The van der Waals surface area contributed by atoms with Gasteiger partial charge in [0, 0.05) is 23.8 Å². The van der Waals surface area contributed by atoms with Gasteiger partial charge in [0.25, 0.3) is 0 Å². The molecule has 0 aliphatic carbocycles. The van der Waals surface area contributed by atoms with Crippen molar-refractivity contribution in [2.75, 3.05) is 6.61 Å². The van der Waals surface area contributed by atoms with Gasteiger partial charge in [-0.25, -0.2) is 22.0 Å². The summed E-state index contributed by atoms with van der Waals surface area (Å²) in [6.45, 7) is 5.00. The van der Waals surface area contributed by atoms with Gasteiger partial charge in [0.1, 0.15) is 5.69 Å². The van der Waals surface area contributed by atoms with Crippen LogP contribution >= 0.6 is 11.6 Å². The van der Waals surface area contributed by atoms with E-state index in [1.54, 1.807) is 45.0 Å². The summed E-state index contributed by atoms with van der Waals surface area (Å²) < 4.78 is 60.4. The van der Waals surface area contributed by atoms with E-state index in [1.165, 1.54) is 0 Å². The van der Waals surface area contributed by atoms with Crippen LogP contribution in [0.4, 0.5) is 8.78 Å². The van der Waals surface area contributed by atoms with Gasteiger partial charge in [-0.15, -0.1) is 0 Å². The maximum absolute atomic E-state index is 13.8. The number of carbonyl (C=O) groups is 1. The largest absolute Gasteiger partial charge is 0.461 e. The highest BCUT2D eigenvalue weighted by molar-refractivity contribution is 7.89. The van der Waals surface area contributed by atoms with Gasteiger partial charge in [-0.05, 0) is 61.7 Å². The van der Waals surface area contributed by atoms with Crippen molar-refractivity contribution >= 4 is 27.6 Å². The molecule has 6 nitrogen and oxygen atoms in total. The van der Waals surface area contributed by atoms with E-state index in [-0.39, 0.29) is 25.4 Å². The van der Waals surface area contributed by atoms with Crippen LogP contribution in [0.1, 0.15) is 39.8 Å². The third kappa shape index (κ3) is 5.26. The Bertz CT molecular complexity index is 1290. The van der Waals surface area contributed by atoms with Crippen LogP contribution in [-0.2, 0) is 27.8 Å². The summed E-state index contributed by atoms with van der Waals surface area (Å²) in [5.41, 5.74) is 2.45. The highest BCUT2D eigenvalue weighted by Gasteiger charge is 2.29. The summed E-state index contributed by atoms with van der Waals surface area (Å²) >= 11 is 6.26. The molecule has 33 heavy (non-hydrogen) atoms. The molecule has 0 aliphatic heterocycles. The molecule has 3 aromatic rings. The Morgan fingerprint density at radius 2 is 1.79 bits per heavy atom. The van der Waals surface area contributed by atoms with E-state index in [9.17, 15) is 22.0 Å². The minimum atomic E-state index is -4.27. The molecule has 1 N–H and O–H groups in total. The summed E-state index contributed by atoms with van der Waals surface area (Å²) in [6.07, 6.45) is 0. The Balaban J connectivity index is 2.08. The van der Waals surface area contributed by atoms with Crippen LogP contribution in [0.3, 0.4) is 0 Å². The van der Waals surface area contributed by atoms with Crippen molar-refractivity contribution in [3.63, 3.8) is 0 Å². The van der Waals surface area contributed by atoms with Crippen LogP contribution in [0.25, 0.3) is 0 Å².